The molecule has 3 N–H and O–H groups in total. The Bertz CT molecular complexity index is 155. The van der Waals surface area contributed by atoms with Gasteiger partial charge in [0.1, 0.15) is 0 Å². The van der Waals surface area contributed by atoms with Crippen LogP contribution >= 0.6 is 0 Å². The fourth-order valence-electron chi connectivity index (χ4n) is 0.936. The van der Waals surface area contributed by atoms with E-state index in [9.17, 15) is 4.79 Å². The van der Waals surface area contributed by atoms with Gasteiger partial charge in [0, 0.05) is 6.42 Å². The lowest BCUT2D eigenvalue weighted by atomic mass is 10.0. The minimum Gasteiger partial charge on any atom is -0.294 e. The maximum absolute atomic E-state index is 10.7. The van der Waals surface area contributed by atoms with Crippen molar-refractivity contribution in [1.82, 2.24) is 5.43 Å². The Morgan fingerprint density at radius 2 is 2.33 bits per heavy atom. The number of rotatable bonds is 5. The summed E-state index contributed by atoms with van der Waals surface area (Å²) in [5, 5.41) is 0. The molecule has 0 rings (SSSR count). The van der Waals surface area contributed by atoms with E-state index >= 15 is 0 Å². The molecule has 0 aliphatic rings. The summed E-state index contributed by atoms with van der Waals surface area (Å²) in [4.78, 5) is 10.7. The molecule has 0 saturated heterocycles. The largest absolute Gasteiger partial charge is 0.294 e. The van der Waals surface area contributed by atoms with Crippen LogP contribution in [-0.2, 0) is 4.79 Å². The van der Waals surface area contributed by atoms with E-state index in [1.54, 1.807) is 0 Å². The number of amides is 1. The van der Waals surface area contributed by atoms with Crippen molar-refractivity contribution < 1.29 is 4.79 Å². The van der Waals surface area contributed by atoms with Gasteiger partial charge < -0.3 is 0 Å². The molecule has 70 valence electrons. The summed E-state index contributed by atoms with van der Waals surface area (Å²) in [6.45, 7) is 4.13. The first-order valence-electron chi connectivity index (χ1n) is 4.31. The summed E-state index contributed by atoms with van der Waals surface area (Å²) in [7, 11) is 0. The van der Waals surface area contributed by atoms with Gasteiger partial charge in [0.25, 0.3) is 0 Å². The molecule has 1 atom stereocenters. The van der Waals surface area contributed by atoms with Crippen LogP contribution < -0.4 is 11.3 Å². The summed E-state index contributed by atoms with van der Waals surface area (Å²) < 4.78 is 0. The van der Waals surface area contributed by atoms with Gasteiger partial charge in [0.2, 0.25) is 5.91 Å². The Morgan fingerprint density at radius 3 is 2.83 bits per heavy atom. The molecule has 0 unspecified atom stereocenters. The number of allylic oxidation sites excluding steroid dienone is 2. The standard InChI is InChI=1S/C9H18N2O/c1-3-4-5-8(2)6-7-9(12)11-10/h3-4,8H,5-7,10H2,1-2H3,(H,11,12)/b4-3+/t8-/m1/s1. The number of nitrogens with two attached hydrogens (primary N) is 1. The minimum absolute atomic E-state index is 0.0812. The third-order valence-corrected chi connectivity index (χ3v) is 1.80. The van der Waals surface area contributed by atoms with E-state index in [0.29, 0.717) is 12.3 Å². The van der Waals surface area contributed by atoms with Gasteiger partial charge in [-0.3, -0.25) is 10.2 Å². The molecule has 0 aliphatic carbocycles. The van der Waals surface area contributed by atoms with Crippen molar-refractivity contribution in [2.75, 3.05) is 0 Å². The average Bonchev–Trinajstić information content (AvgIpc) is 2.10. The van der Waals surface area contributed by atoms with Gasteiger partial charge in [0.15, 0.2) is 0 Å². The van der Waals surface area contributed by atoms with Crippen LogP contribution in [0.5, 0.6) is 0 Å². The Kier molecular flexibility index (Phi) is 6.38. The topological polar surface area (TPSA) is 55.1 Å². The van der Waals surface area contributed by atoms with Gasteiger partial charge in [0.05, 0.1) is 0 Å². The van der Waals surface area contributed by atoms with Crippen molar-refractivity contribution in [1.29, 1.82) is 0 Å². The predicted octanol–water partition coefficient (Wildman–Crippen LogP) is 1.36. The van der Waals surface area contributed by atoms with Crippen molar-refractivity contribution in [2.24, 2.45) is 11.8 Å². The molecule has 0 aromatic rings. The van der Waals surface area contributed by atoms with Crippen molar-refractivity contribution in [3.8, 4) is 0 Å². The van der Waals surface area contributed by atoms with E-state index in [1.165, 1.54) is 0 Å². The lowest BCUT2D eigenvalue weighted by molar-refractivity contribution is -0.121. The van der Waals surface area contributed by atoms with Gasteiger partial charge in [-0.1, -0.05) is 19.1 Å². The summed E-state index contributed by atoms with van der Waals surface area (Å²) in [6, 6.07) is 0. The number of carbonyl (C=O) groups is 1. The Balaban J connectivity index is 3.43. The molecule has 0 bridgehead atoms. The highest BCUT2D eigenvalue weighted by molar-refractivity contribution is 5.75. The van der Waals surface area contributed by atoms with Gasteiger partial charge in [-0.05, 0) is 25.7 Å². The zero-order valence-electron chi connectivity index (χ0n) is 7.84. The van der Waals surface area contributed by atoms with Crippen LogP contribution in [0.25, 0.3) is 0 Å². The molecule has 0 spiro atoms. The summed E-state index contributed by atoms with van der Waals surface area (Å²) >= 11 is 0. The van der Waals surface area contributed by atoms with Crippen molar-refractivity contribution in [2.45, 2.75) is 33.1 Å². The van der Waals surface area contributed by atoms with E-state index in [0.717, 1.165) is 12.8 Å². The average molecular weight is 170 g/mol. The lowest BCUT2D eigenvalue weighted by Gasteiger charge is -2.06. The third kappa shape index (κ3) is 5.92. The molecule has 0 aromatic carbocycles. The van der Waals surface area contributed by atoms with Crippen molar-refractivity contribution >= 4 is 5.91 Å². The van der Waals surface area contributed by atoms with Crippen molar-refractivity contribution in [3.63, 3.8) is 0 Å². The second-order valence-electron chi connectivity index (χ2n) is 3.02. The van der Waals surface area contributed by atoms with Gasteiger partial charge >= 0.3 is 0 Å². The fraction of sp³-hybridized carbons (Fsp3) is 0.667. The number of nitrogens with one attached hydrogen (secondary N) is 1. The van der Waals surface area contributed by atoms with Crippen LogP contribution in [0.2, 0.25) is 0 Å². The van der Waals surface area contributed by atoms with Crippen LogP contribution in [0.3, 0.4) is 0 Å². The molecule has 0 aliphatic heterocycles. The monoisotopic (exact) mass is 170 g/mol. The Hall–Kier alpha value is -0.830. The summed E-state index contributed by atoms with van der Waals surface area (Å²) in [5.41, 5.74) is 2.12. The molecule has 0 heterocycles. The maximum Gasteiger partial charge on any atom is 0.233 e. The number of hydrogen-bond acceptors (Lipinski definition) is 2. The van der Waals surface area contributed by atoms with Crippen LogP contribution in [0.15, 0.2) is 12.2 Å². The predicted molar refractivity (Wildman–Crippen MR) is 50.2 cm³/mol. The Labute approximate surface area is 74.0 Å². The zero-order valence-corrected chi connectivity index (χ0v) is 7.84. The van der Waals surface area contributed by atoms with Gasteiger partial charge in [-0.25, -0.2) is 5.84 Å². The van der Waals surface area contributed by atoms with Gasteiger partial charge in [-0.15, -0.1) is 0 Å². The Morgan fingerprint density at radius 1 is 1.67 bits per heavy atom. The minimum atomic E-state index is -0.0812. The molecule has 0 aromatic heterocycles. The number of hydrazine groups is 1. The first kappa shape index (κ1) is 11.2. The first-order chi connectivity index (χ1) is 5.70. The molecule has 1 amide bonds. The van der Waals surface area contributed by atoms with Crippen LogP contribution in [-0.4, -0.2) is 5.91 Å². The van der Waals surface area contributed by atoms with E-state index in [1.807, 2.05) is 13.0 Å². The van der Waals surface area contributed by atoms with Crippen molar-refractivity contribution in [3.05, 3.63) is 12.2 Å². The van der Waals surface area contributed by atoms with Crippen LogP contribution in [0, 0.1) is 5.92 Å². The molecule has 12 heavy (non-hydrogen) atoms. The van der Waals surface area contributed by atoms with E-state index in [4.69, 9.17) is 5.84 Å². The third-order valence-electron chi connectivity index (χ3n) is 1.80. The molecule has 3 heteroatoms. The van der Waals surface area contributed by atoms with Gasteiger partial charge in [-0.2, -0.15) is 0 Å². The summed E-state index contributed by atoms with van der Waals surface area (Å²) in [6.07, 6.45) is 6.60. The molecule has 0 saturated carbocycles. The second kappa shape index (κ2) is 6.85. The molecule has 3 nitrogen and oxygen atoms in total. The van der Waals surface area contributed by atoms with E-state index < -0.39 is 0 Å². The molecular formula is C9H18N2O. The van der Waals surface area contributed by atoms with Crippen LogP contribution in [0.4, 0.5) is 0 Å². The first-order valence-corrected chi connectivity index (χ1v) is 4.31. The molecule has 0 radical (unpaired) electrons. The number of carbonyl (C=O) groups excluding carboxylic acids is 1. The zero-order chi connectivity index (χ0) is 9.40. The smallest absolute Gasteiger partial charge is 0.233 e. The number of hydrogen-bond donors (Lipinski definition) is 2. The second-order valence-corrected chi connectivity index (χ2v) is 3.02. The highest BCUT2D eigenvalue weighted by atomic mass is 16.2. The maximum atomic E-state index is 10.7. The highest BCUT2D eigenvalue weighted by Crippen LogP contribution is 2.10. The van der Waals surface area contributed by atoms with Crippen LogP contribution in [0.1, 0.15) is 33.1 Å². The SMILES string of the molecule is C/C=C/C[C@@H](C)CCC(=O)NN. The normalized spacial score (nSPS) is 13.2. The highest BCUT2D eigenvalue weighted by Gasteiger charge is 2.03. The van der Waals surface area contributed by atoms with E-state index in [-0.39, 0.29) is 5.91 Å². The quantitative estimate of drug-likeness (QED) is 0.283. The summed E-state index contributed by atoms with van der Waals surface area (Å²) in [5.74, 6) is 5.42. The van der Waals surface area contributed by atoms with E-state index in [2.05, 4.69) is 18.4 Å². The lowest BCUT2D eigenvalue weighted by Crippen LogP contribution is -2.29. The fourth-order valence-corrected chi connectivity index (χ4v) is 0.936. The molecule has 0 fully saturated rings. The molecular weight excluding hydrogens is 152 g/mol.